The van der Waals surface area contributed by atoms with E-state index in [4.69, 9.17) is 21.4 Å². The van der Waals surface area contributed by atoms with E-state index >= 15 is 0 Å². The van der Waals surface area contributed by atoms with Gasteiger partial charge in [0.1, 0.15) is 6.61 Å². The number of aliphatic carboxylic acids is 1. The lowest BCUT2D eigenvalue weighted by Gasteiger charge is -2.14. The Morgan fingerprint density at radius 2 is 1.67 bits per heavy atom. The highest BCUT2D eigenvalue weighted by atomic mass is 35.5. The van der Waals surface area contributed by atoms with E-state index in [1.54, 1.807) is 18.2 Å². The van der Waals surface area contributed by atoms with Crippen LogP contribution in [0, 0.1) is 11.8 Å². The number of carboxylic acid groups (broad SMARTS) is 1. The average Bonchev–Trinajstić information content (AvgIpc) is 3.12. The van der Waals surface area contributed by atoms with Gasteiger partial charge in [-0.2, -0.15) is 0 Å². The maximum atomic E-state index is 12.2. The minimum Gasteiger partial charge on any atom is -0.481 e. The molecule has 0 spiro atoms. The van der Waals surface area contributed by atoms with Crippen molar-refractivity contribution in [3.63, 3.8) is 0 Å². The van der Waals surface area contributed by atoms with E-state index in [1.165, 1.54) is 11.1 Å². The van der Waals surface area contributed by atoms with Crippen LogP contribution >= 0.6 is 11.6 Å². The fourth-order valence-corrected chi connectivity index (χ4v) is 4.22. The Balaban J connectivity index is 1.29. The fourth-order valence-electron chi connectivity index (χ4n) is 4.03. The van der Waals surface area contributed by atoms with Gasteiger partial charge in [-0.1, -0.05) is 72.0 Å². The minimum absolute atomic E-state index is 0.0144. The van der Waals surface area contributed by atoms with E-state index in [0.29, 0.717) is 29.1 Å². The fraction of sp³-hybridized carbons (Fsp3) is 0.185. The van der Waals surface area contributed by atoms with Gasteiger partial charge in [0.2, 0.25) is 0 Å². The van der Waals surface area contributed by atoms with Crippen molar-refractivity contribution < 1.29 is 19.4 Å². The van der Waals surface area contributed by atoms with Crippen LogP contribution in [0.5, 0.6) is 0 Å². The van der Waals surface area contributed by atoms with Crippen molar-refractivity contribution in [1.82, 2.24) is 5.32 Å². The van der Waals surface area contributed by atoms with E-state index in [2.05, 4.69) is 41.4 Å². The Morgan fingerprint density at radius 3 is 2.33 bits per heavy atom. The molecule has 0 radical (unpaired) electrons. The Labute approximate surface area is 197 Å². The summed E-state index contributed by atoms with van der Waals surface area (Å²) in [6.45, 7) is 0.584. The van der Waals surface area contributed by atoms with Crippen molar-refractivity contribution in [2.45, 2.75) is 18.8 Å². The molecule has 0 bridgehead atoms. The van der Waals surface area contributed by atoms with Gasteiger partial charge in [0.05, 0.1) is 6.42 Å². The molecule has 0 saturated heterocycles. The van der Waals surface area contributed by atoms with Crippen molar-refractivity contribution in [3.05, 3.63) is 94.0 Å². The van der Waals surface area contributed by atoms with Crippen molar-refractivity contribution in [2.24, 2.45) is 0 Å². The van der Waals surface area contributed by atoms with Gasteiger partial charge in [-0.3, -0.25) is 4.79 Å². The molecule has 2 N–H and O–H groups in total. The number of benzene rings is 3. The lowest BCUT2D eigenvalue weighted by molar-refractivity contribution is -0.136. The SMILES string of the molecule is O=C(O)Cc1cc(Cl)ccc1C#CCCNC(=O)OCC1c2ccccc2-c2ccccc21. The smallest absolute Gasteiger partial charge is 0.407 e. The van der Waals surface area contributed by atoms with Crippen LogP contribution in [-0.2, 0) is 16.0 Å². The first-order valence-electron chi connectivity index (χ1n) is 10.6. The zero-order chi connectivity index (χ0) is 23.2. The topological polar surface area (TPSA) is 75.6 Å². The third kappa shape index (κ3) is 5.36. The molecule has 5 nitrogen and oxygen atoms in total. The first-order valence-corrected chi connectivity index (χ1v) is 11.0. The van der Waals surface area contributed by atoms with Crippen LogP contribution in [0.1, 0.15) is 34.6 Å². The zero-order valence-electron chi connectivity index (χ0n) is 17.8. The van der Waals surface area contributed by atoms with Gasteiger partial charge in [0.15, 0.2) is 0 Å². The molecular weight excluding hydrogens is 438 g/mol. The van der Waals surface area contributed by atoms with Crippen LogP contribution in [0.2, 0.25) is 5.02 Å². The Kier molecular flexibility index (Phi) is 6.97. The number of carbonyl (C=O) groups is 2. The maximum absolute atomic E-state index is 12.2. The van der Waals surface area contributed by atoms with Crippen molar-refractivity contribution in [1.29, 1.82) is 0 Å². The number of amides is 1. The van der Waals surface area contributed by atoms with Gasteiger partial charge in [0.25, 0.3) is 0 Å². The molecule has 166 valence electrons. The number of ether oxygens (including phenoxy) is 1. The Morgan fingerprint density at radius 1 is 1.00 bits per heavy atom. The number of nitrogens with one attached hydrogen (secondary N) is 1. The lowest BCUT2D eigenvalue weighted by atomic mass is 9.98. The highest BCUT2D eigenvalue weighted by Crippen LogP contribution is 2.44. The predicted octanol–water partition coefficient (Wildman–Crippen LogP) is 5.25. The molecule has 3 aromatic carbocycles. The van der Waals surface area contributed by atoms with Gasteiger partial charge < -0.3 is 15.2 Å². The van der Waals surface area contributed by atoms with Gasteiger partial charge >= 0.3 is 12.1 Å². The van der Waals surface area contributed by atoms with E-state index in [1.807, 2.05) is 24.3 Å². The van der Waals surface area contributed by atoms with Crippen LogP contribution in [0.4, 0.5) is 4.79 Å². The lowest BCUT2D eigenvalue weighted by Crippen LogP contribution is -2.26. The number of halogens is 1. The molecule has 0 fully saturated rings. The summed E-state index contributed by atoms with van der Waals surface area (Å²) < 4.78 is 5.50. The van der Waals surface area contributed by atoms with Crippen molar-refractivity contribution in [3.8, 4) is 23.0 Å². The molecular formula is C27H22ClNO4. The number of carboxylic acids is 1. The normalized spacial score (nSPS) is 11.7. The number of alkyl carbamates (subject to hydrolysis) is 1. The average molecular weight is 460 g/mol. The van der Waals surface area contributed by atoms with Crippen molar-refractivity contribution in [2.75, 3.05) is 13.2 Å². The molecule has 1 aliphatic rings. The van der Waals surface area contributed by atoms with Crippen LogP contribution in [-0.4, -0.2) is 30.3 Å². The van der Waals surface area contributed by atoms with Crippen LogP contribution in [0.15, 0.2) is 66.7 Å². The van der Waals surface area contributed by atoms with E-state index in [9.17, 15) is 9.59 Å². The third-order valence-corrected chi connectivity index (χ3v) is 5.73. The first-order chi connectivity index (χ1) is 16.0. The number of hydrogen-bond donors (Lipinski definition) is 2. The molecule has 0 saturated carbocycles. The summed E-state index contributed by atoms with van der Waals surface area (Å²) in [5.41, 5.74) is 5.87. The maximum Gasteiger partial charge on any atom is 0.407 e. The van der Waals surface area contributed by atoms with E-state index in [-0.39, 0.29) is 18.9 Å². The van der Waals surface area contributed by atoms with Crippen molar-refractivity contribution >= 4 is 23.7 Å². The minimum atomic E-state index is -0.947. The standard InChI is InChI=1S/C27H22ClNO4/c28-20-13-12-18(19(15-20)16-26(30)31)7-5-6-14-29-27(32)33-17-25-23-10-3-1-8-21(23)22-9-2-4-11-24(22)25/h1-4,8-13,15,25H,6,14,16-17H2,(H,29,32)(H,30,31). The molecule has 0 unspecified atom stereocenters. The van der Waals surface area contributed by atoms with Gasteiger partial charge in [-0.15, -0.1) is 0 Å². The monoisotopic (exact) mass is 459 g/mol. The summed E-state index contributed by atoms with van der Waals surface area (Å²) >= 11 is 5.95. The second-order valence-electron chi connectivity index (χ2n) is 7.68. The molecule has 0 aromatic heterocycles. The summed E-state index contributed by atoms with van der Waals surface area (Å²) in [6.07, 6.45) is -0.237. The second kappa shape index (κ2) is 10.2. The molecule has 0 atom stereocenters. The van der Waals surface area contributed by atoms with E-state index < -0.39 is 12.1 Å². The second-order valence-corrected chi connectivity index (χ2v) is 8.11. The molecule has 4 rings (SSSR count). The third-order valence-electron chi connectivity index (χ3n) is 5.50. The van der Waals surface area contributed by atoms with Gasteiger partial charge in [0, 0.05) is 29.5 Å². The molecule has 3 aromatic rings. The predicted molar refractivity (Wildman–Crippen MR) is 127 cm³/mol. The van der Waals surface area contributed by atoms with Crippen LogP contribution < -0.4 is 5.32 Å². The number of hydrogen-bond acceptors (Lipinski definition) is 3. The molecule has 0 heterocycles. The summed E-state index contributed by atoms with van der Waals surface area (Å²) in [7, 11) is 0. The quantitative estimate of drug-likeness (QED) is 0.390. The number of rotatable bonds is 6. The summed E-state index contributed by atoms with van der Waals surface area (Å²) in [5.74, 6) is 4.98. The molecule has 1 aliphatic carbocycles. The van der Waals surface area contributed by atoms with Gasteiger partial charge in [-0.25, -0.2) is 4.79 Å². The highest BCUT2D eigenvalue weighted by Gasteiger charge is 2.28. The van der Waals surface area contributed by atoms with Gasteiger partial charge in [-0.05, 0) is 46.0 Å². The zero-order valence-corrected chi connectivity index (χ0v) is 18.6. The molecule has 33 heavy (non-hydrogen) atoms. The summed E-state index contributed by atoms with van der Waals surface area (Å²) in [4.78, 5) is 23.2. The molecule has 6 heteroatoms. The van der Waals surface area contributed by atoms with Crippen LogP contribution in [0.25, 0.3) is 11.1 Å². The number of fused-ring (bicyclic) bond motifs is 3. The summed E-state index contributed by atoms with van der Waals surface area (Å²) in [6, 6.07) is 21.3. The molecule has 0 aliphatic heterocycles. The summed E-state index contributed by atoms with van der Waals surface area (Å²) in [5, 5.41) is 12.2. The molecule has 1 amide bonds. The number of carbonyl (C=O) groups excluding carboxylic acids is 1. The Hall–Kier alpha value is -3.75. The van der Waals surface area contributed by atoms with E-state index in [0.717, 1.165) is 11.1 Å². The highest BCUT2D eigenvalue weighted by molar-refractivity contribution is 6.30. The van der Waals surface area contributed by atoms with Crippen LogP contribution in [0.3, 0.4) is 0 Å². The first kappa shape index (κ1) is 22.4. The largest absolute Gasteiger partial charge is 0.481 e. The Bertz CT molecular complexity index is 1210.